The van der Waals surface area contributed by atoms with Crippen LogP contribution in [0.15, 0.2) is 48.5 Å². The van der Waals surface area contributed by atoms with E-state index in [2.05, 4.69) is 0 Å². The number of carbonyl (C=O) groups excluding carboxylic acids is 1. The number of carbonyl (C=O) groups is 2. The van der Waals surface area contributed by atoms with Crippen LogP contribution in [-0.2, 0) is 19.4 Å². The van der Waals surface area contributed by atoms with Crippen LogP contribution in [0.5, 0.6) is 0 Å². The Morgan fingerprint density at radius 1 is 1.08 bits per heavy atom. The monoisotopic (exact) mass is 568 g/mol. The molecule has 0 aliphatic carbocycles. The first-order valence-electron chi connectivity index (χ1n) is 12.2. The van der Waals surface area contributed by atoms with E-state index >= 15 is 0 Å². The smallest absolute Gasteiger partial charge is 0.305 e. The molecule has 3 rings (SSSR count). The molecule has 0 radical (unpaired) electrons. The van der Waals surface area contributed by atoms with Gasteiger partial charge in [-0.05, 0) is 61.6 Å². The van der Waals surface area contributed by atoms with Gasteiger partial charge in [0.25, 0.3) is 0 Å². The van der Waals surface area contributed by atoms with Crippen molar-refractivity contribution in [3.63, 3.8) is 0 Å². The highest BCUT2D eigenvalue weighted by Crippen LogP contribution is 2.49. The molecule has 4 unspecified atom stereocenters. The van der Waals surface area contributed by atoms with E-state index in [1.165, 1.54) is 4.90 Å². The third-order valence-electron chi connectivity index (χ3n) is 7.13. The Hall–Kier alpha value is -2.13. The largest absolute Gasteiger partial charge is 0.481 e. The molecule has 1 aliphatic rings. The Labute approximate surface area is 228 Å². The lowest BCUT2D eigenvalue weighted by atomic mass is 9.70. The molecule has 1 saturated heterocycles. The van der Waals surface area contributed by atoms with E-state index in [1.54, 1.807) is 56.3 Å². The third kappa shape index (κ3) is 6.48. The minimum Gasteiger partial charge on any atom is -0.481 e. The van der Waals surface area contributed by atoms with Crippen molar-refractivity contribution in [3.05, 3.63) is 69.7 Å². The van der Waals surface area contributed by atoms with Crippen LogP contribution in [0.1, 0.15) is 63.6 Å². The van der Waals surface area contributed by atoms with Gasteiger partial charge in [-0.25, -0.2) is 8.42 Å². The van der Waals surface area contributed by atoms with Crippen molar-refractivity contribution in [2.24, 2.45) is 11.7 Å². The normalized spacial score (nSPS) is 23.5. The van der Waals surface area contributed by atoms with Crippen LogP contribution in [-0.4, -0.2) is 52.9 Å². The van der Waals surface area contributed by atoms with Crippen LogP contribution in [0.4, 0.5) is 0 Å². The van der Waals surface area contributed by atoms with Gasteiger partial charge in [0.1, 0.15) is 5.54 Å². The molecule has 1 fully saturated rings. The lowest BCUT2D eigenvalue weighted by Crippen LogP contribution is -2.66. The topological polar surface area (TPSA) is 118 Å². The molecule has 2 aromatic rings. The number of benzene rings is 2. The first kappa shape index (κ1) is 29.4. The summed E-state index contributed by atoms with van der Waals surface area (Å²) in [6.07, 6.45) is -0.543. The first-order valence-corrected chi connectivity index (χ1v) is 14.7. The summed E-state index contributed by atoms with van der Waals surface area (Å²) in [5.74, 6) is -2.78. The van der Waals surface area contributed by atoms with E-state index in [9.17, 15) is 23.1 Å². The number of rotatable bonds is 9. The van der Waals surface area contributed by atoms with Crippen LogP contribution in [0.2, 0.25) is 10.0 Å². The molecule has 3 N–H and O–H groups in total. The zero-order valence-electron chi connectivity index (χ0n) is 21.4. The van der Waals surface area contributed by atoms with Gasteiger partial charge in [-0.3, -0.25) is 9.59 Å². The molecule has 0 spiro atoms. The van der Waals surface area contributed by atoms with E-state index < -0.39 is 56.9 Å². The second-order valence-corrected chi connectivity index (χ2v) is 14.0. The minimum absolute atomic E-state index is 0.0456. The fourth-order valence-electron chi connectivity index (χ4n) is 5.06. The van der Waals surface area contributed by atoms with Gasteiger partial charge in [-0.1, -0.05) is 61.3 Å². The average Bonchev–Trinajstić information content (AvgIpc) is 2.79. The van der Waals surface area contributed by atoms with Crippen molar-refractivity contribution < 1.29 is 23.1 Å². The van der Waals surface area contributed by atoms with Crippen molar-refractivity contribution in [2.45, 2.75) is 69.3 Å². The predicted molar refractivity (Wildman–Crippen MR) is 147 cm³/mol. The number of piperidine rings is 1. The second kappa shape index (κ2) is 11.3. The number of sulfone groups is 1. The van der Waals surface area contributed by atoms with Crippen LogP contribution >= 0.6 is 23.2 Å². The molecule has 10 heteroatoms. The molecular weight excluding hydrogens is 535 g/mol. The highest BCUT2D eigenvalue weighted by molar-refractivity contribution is 7.92. The van der Waals surface area contributed by atoms with Gasteiger partial charge in [0.15, 0.2) is 9.84 Å². The van der Waals surface area contributed by atoms with E-state index in [4.69, 9.17) is 28.9 Å². The van der Waals surface area contributed by atoms with Crippen LogP contribution < -0.4 is 5.73 Å². The summed E-state index contributed by atoms with van der Waals surface area (Å²) in [5.41, 5.74) is 6.39. The number of amides is 1. The number of hydrogen-bond acceptors (Lipinski definition) is 5. The van der Waals surface area contributed by atoms with Crippen molar-refractivity contribution in [2.75, 3.05) is 5.75 Å². The maximum Gasteiger partial charge on any atom is 0.305 e. The van der Waals surface area contributed by atoms with Crippen molar-refractivity contribution in [3.8, 4) is 0 Å². The number of aliphatic carboxylic acids is 1. The fourth-order valence-corrected chi connectivity index (χ4v) is 6.79. The Morgan fingerprint density at radius 3 is 2.22 bits per heavy atom. The zero-order valence-corrected chi connectivity index (χ0v) is 23.7. The molecule has 0 bridgehead atoms. The van der Waals surface area contributed by atoms with Gasteiger partial charge in [0.2, 0.25) is 5.91 Å². The second-order valence-electron chi connectivity index (χ2n) is 10.5. The Kier molecular flexibility index (Phi) is 9.00. The maximum atomic E-state index is 14.2. The lowest BCUT2D eigenvalue weighted by molar-refractivity contribution is -0.154. The lowest BCUT2D eigenvalue weighted by Gasteiger charge is -2.52. The summed E-state index contributed by atoms with van der Waals surface area (Å²) in [6, 6.07) is 12.8. The molecule has 4 atom stereocenters. The van der Waals surface area contributed by atoms with Gasteiger partial charge >= 0.3 is 5.97 Å². The van der Waals surface area contributed by atoms with Gasteiger partial charge < -0.3 is 15.7 Å². The SMILES string of the molecule is CC(C)C(CS(=O)(=O)C(C)C)N1C(=O)C(N)(CC(=O)O)CC(c2cccc(Cl)c2)C1c1ccc(Cl)cc1. The predicted octanol–water partition coefficient (Wildman–Crippen LogP) is 5.07. The number of likely N-dealkylation sites (tertiary alicyclic amines) is 1. The molecular formula is C27H34Cl2N2O5S. The summed E-state index contributed by atoms with van der Waals surface area (Å²) in [7, 11) is -3.57. The first-order chi connectivity index (χ1) is 17.2. The molecule has 7 nitrogen and oxygen atoms in total. The number of nitrogens with two attached hydrogens (primary N) is 1. The Bertz CT molecular complexity index is 1250. The molecule has 202 valence electrons. The third-order valence-corrected chi connectivity index (χ3v) is 9.86. The molecule has 1 aliphatic heterocycles. The van der Waals surface area contributed by atoms with Gasteiger partial charge in [0.05, 0.1) is 23.5 Å². The summed E-state index contributed by atoms with van der Waals surface area (Å²) in [6.45, 7) is 6.91. The quantitative estimate of drug-likeness (QED) is 0.436. The molecule has 1 amide bonds. The number of carboxylic acids is 1. The molecule has 2 aromatic carbocycles. The molecule has 37 heavy (non-hydrogen) atoms. The average molecular weight is 570 g/mol. The molecule has 0 aromatic heterocycles. The van der Waals surface area contributed by atoms with Crippen LogP contribution in [0, 0.1) is 5.92 Å². The Balaban J connectivity index is 2.30. The van der Waals surface area contributed by atoms with E-state index in [-0.39, 0.29) is 18.1 Å². The summed E-state index contributed by atoms with van der Waals surface area (Å²) < 4.78 is 26.2. The number of halogens is 2. The van der Waals surface area contributed by atoms with Crippen molar-refractivity contribution >= 4 is 44.9 Å². The van der Waals surface area contributed by atoms with Crippen LogP contribution in [0.25, 0.3) is 0 Å². The van der Waals surface area contributed by atoms with E-state index in [0.29, 0.717) is 10.0 Å². The minimum atomic E-state index is -3.57. The van der Waals surface area contributed by atoms with Gasteiger partial charge in [-0.2, -0.15) is 0 Å². The number of nitrogens with zero attached hydrogens (tertiary/aromatic N) is 1. The number of hydrogen-bond donors (Lipinski definition) is 2. The van der Waals surface area contributed by atoms with Gasteiger partial charge in [0, 0.05) is 22.0 Å². The fraction of sp³-hybridized carbons (Fsp3) is 0.481. The van der Waals surface area contributed by atoms with Crippen molar-refractivity contribution in [1.29, 1.82) is 0 Å². The van der Waals surface area contributed by atoms with Crippen LogP contribution in [0.3, 0.4) is 0 Å². The summed E-state index contributed by atoms with van der Waals surface area (Å²) in [5, 5.41) is 10.0. The summed E-state index contributed by atoms with van der Waals surface area (Å²) in [4.78, 5) is 27.6. The Morgan fingerprint density at radius 2 is 1.70 bits per heavy atom. The zero-order chi connectivity index (χ0) is 27.7. The molecule has 0 saturated carbocycles. The maximum absolute atomic E-state index is 14.2. The summed E-state index contributed by atoms with van der Waals surface area (Å²) >= 11 is 12.5. The standard InChI is InChI=1S/C27H34Cl2N2O5S/c1-16(2)23(15-37(35,36)17(3)4)31-25(18-8-10-20(28)11-9-18)22(19-6-5-7-21(29)12-19)13-27(30,26(31)34)14-24(32)33/h5-12,16-17,22-23,25H,13-15,30H2,1-4H3,(H,32,33). The molecule has 1 heterocycles. The highest BCUT2D eigenvalue weighted by atomic mass is 35.5. The van der Waals surface area contributed by atoms with Gasteiger partial charge in [-0.15, -0.1) is 0 Å². The van der Waals surface area contributed by atoms with Crippen molar-refractivity contribution in [1.82, 2.24) is 4.90 Å². The van der Waals surface area contributed by atoms with E-state index in [1.807, 2.05) is 19.9 Å². The number of carboxylic acid groups (broad SMARTS) is 1. The van der Waals surface area contributed by atoms with E-state index in [0.717, 1.165) is 11.1 Å². The highest BCUT2D eigenvalue weighted by Gasteiger charge is 2.54.